The highest BCUT2D eigenvalue weighted by Crippen LogP contribution is 2.42. The second kappa shape index (κ2) is 7.84. The van der Waals surface area contributed by atoms with Gasteiger partial charge in [0.1, 0.15) is 5.69 Å². The number of aromatic nitrogens is 2. The summed E-state index contributed by atoms with van der Waals surface area (Å²) in [6.45, 7) is 4.76. The van der Waals surface area contributed by atoms with Crippen LogP contribution in [0.2, 0.25) is 0 Å². The third-order valence-electron chi connectivity index (χ3n) is 5.27. The van der Waals surface area contributed by atoms with E-state index < -0.39 is 5.97 Å². The Labute approximate surface area is 163 Å². The molecule has 0 N–H and O–H groups in total. The van der Waals surface area contributed by atoms with Crippen LogP contribution >= 0.6 is 0 Å². The predicted octanol–water partition coefficient (Wildman–Crippen LogP) is 3.47. The molecule has 1 aliphatic rings. The zero-order valence-corrected chi connectivity index (χ0v) is 16.5. The molecule has 148 valence electrons. The van der Waals surface area contributed by atoms with Crippen LogP contribution in [0.15, 0.2) is 24.3 Å². The van der Waals surface area contributed by atoms with Crippen LogP contribution in [0.3, 0.4) is 0 Å². The quantitative estimate of drug-likeness (QED) is 0.339. The fourth-order valence-electron chi connectivity index (χ4n) is 3.89. The molecule has 0 saturated carbocycles. The summed E-state index contributed by atoms with van der Waals surface area (Å²) in [6.07, 6.45) is 4.65. The number of esters is 1. The molecule has 1 atom stereocenters. The molecule has 1 unspecified atom stereocenters. The Morgan fingerprint density at radius 2 is 2.14 bits per heavy atom. The molecule has 0 amide bonds. The largest absolute Gasteiger partial charge is 0.466 e. The van der Waals surface area contributed by atoms with Gasteiger partial charge in [0.15, 0.2) is 0 Å². The van der Waals surface area contributed by atoms with Gasteiger partial charge in [0.2, 0.25) is 0 Å². The molecule has 0 spiro atoms. The van der Waals surface area contributed by atoms with Gasteiger partial charge in [-0.1, -0.05) is 6.07 Å². The molecule has 1 aromatic heterocycles. The van der Waals surface area contributed by atoms with Crippen molar-refractivity contribution in [2.45, 2.75) is 32.7 Å². The van der Waals surface area contributed by atoms with E-state index in [1.807, 2.05) is 25.6 Å². The summed E-state index contributed by atoms with van der Waals surface area (Å²) in [6, 6.07) is 5.09. The number of nitro groups is 1. The van der Waals surface area contributed by atoms with Gasteiger partial charge in [0, 0.05) is 37.0 Å². The van der Waals surface area contributed by atoms with Gasteiger partial charge < -0.3 is 9.64 Å². The Balaban J connectivity index is 2.00. The minimum atomic E-state index is -0.506. The van der Waals surface area contributed by atoms with Crippen molar-refractivity contribution in [2.75, 3.05) is 18.6 Å². The Hall–Kier alpha value is -3.16. The van der Waals surface area contributed by atoms with E-state index in [0.717, 1.165) is 36.3 Å². The van der Waals surface area contributed by atoms with Crippen LogP contribution in [0, 0.1) is 24.0 Å². The number of carbonyl (C=O) groups excluding carboxylic acids is 1. The first-order valence-corrected chi connectivity index (χ1v) is 9.14. The number of hydrogen-bond donors (Lipinski definition) is 0. The van der Waals surface area contributed by atoms with Gasteiger partial charge >= 0.3 is 5.97 Å². The van der Waals surface area contributed by atoms with E-state index in [2.05, 4.69) is 14.7 Å². The van der Waals surface area contributed by atoms with Crippen molar-refractivity contribution in [3.8, 4) is 0 Å². The van der Waals surface area contributed by atoms with Crippen LogP contribution in [0.5, 0.6) is 0 Å². The van der Waals surface area contributed by atoms with E-state index in [-0.39, 0.29) is 16.7 Å². The molecular formula is C20H24N4O4. The van der Waals surface area contributed by atoms with Gasteiger partial charge in [-0.3, -0.25) is 14.8 Å². The molecule has 0 bridgehead atoms. The average molecular weight is 384 g/mol. The van der Waals surface area contributed by atoms with Gasteiger partial charge in [-0.2, -0.15) is 5.10 Å². The normalized spacial score (nSPS) is 16.7. The molecule has 3 rings (SSSR count). The zero-order valence-electron chi connectivity index (χ0n) is 16.5. The van der Waals surface area contributed by atoms with Gasteiger partial charge in [0.25, 0.3) is 5.69 Å². The molecule has 8 nitrogen and oxygen atoms in total. The highest BCUT2D eigenvalue weighted by Gasteiger charge is 2.33. The number of hydrogen-bond acceptors (Lipinski definition) is 6. The van der Waals surface area contributed by atoms with E-state index in [0.29, 0.717) is 11.3 Å². The smallest absolute Gasteiger partial charge is 0.330 e. The Morgan fingerprint density at radius 3 is 2.75 bits per heavy atom. The van der Waals surface area contributed by atoms with Crippen LogP contribution in [-0.4, -0.2) is 34.3 Å². The van der Waals surface area contributed by atoms with E-state index in [9.17, 15) is 14.9 Å². The lowest BCUT2D eigenvalue weighted by atomic mass is 10.0. The molecule has 1 aromatic carbocycles. The first-order valence-electron chi connectivity index (χ1n) is 9.14. The van der Waals surface area contributed by atoms with Crippen molar-refractivity contribution in [3.63, 3.8) is 0 Å². The molecule has 2 aromatic rings. The monoisotopic (exact) mass is 384 g/mol. The Morgan fingerprint density at radius 1 is 1.39 bits per heavy atom. The minimum Gasteiger partial charge on any atom is -0.466 e. The van der Waals surface area contributed by atoms with Crippen molar-refractivity contribution in [1.29, 1.82) is 0 Å². The zero-order chi connectivity index (χ0) is 20.4. The van der Waals surface area contributed by atoms with Crippen LogP contribution in [0.25, 0.3) is 6.08 Å². The van der Waals surface area contributed by atoms with Gasteiger partial charge in [-0.05, 0) is 44.4 Å². The van der Waals surface area contributed by atoms with E-state index in [1.165, 1.54) is 25.3 Å². The maximum Gasteiger partial charge on any atom is 0.330 e. The van der Waals surface area contributed by atoms with Crippen molar-refractivity contribution < 1.29 is 14.5 Å². The van der Waals surface area contributed by atoms with Crippen LogP contribution in [0.4, 0.5) is 11.4 Å². The third-order valence-corrected chi connectivity index (χ3v) is 5.27. The first kappa shape index (κ1) is 19.6. The van der Waals surface area contributed by atoms with Crippen molar-refractivity contribution in [3.05, 3.63) is 56.9 Å². The average Bonchev–Trinajstić information content (AvgIpc) is 3.23. The van der Waals surface area contributed by atoms with Crippen LogP contribution in [-0.2, 0) is 16.6 Å². The van der Waals surface area contributed by atoms with Crippen molar-refractivity contribution in [1.82, 2.24) is 9.78 Å². The lowest BCUT2D eigenvalue weighted by Crippen LogP contribution is -2.24. The van der Waals surface area contributed by atoms with Gasteiger partial charge in [-0.25, -0.2) is 4.79 Å². The van der Waals surface area contributed by atoms with Crippen LogP contribution < -0.4 is 4.90 Å². The highest BCUT2D eigenvalue weighted by molar-refractivity contribution is 5.87. The van der Waals surface area contributed by atoms with Crippen molar-refractivity contribution in [2.24, 2.45) is 7.05 Å². The molecule has 1 saturated heterocycles. The summed E-state index contributed by atoms with van der Waals surface area (Å²) in [4.78, 5) is 24.8. The maximum atomic E-state index is 11.8. The second-order valence-electron chi connectivity index (χ2n) is 6.92. The van der Waals surface area contributed by atoms with Gasteiger partial charge in [-0.15, -0.1) is 0 Å². The van der Waals surface area contributed by atoms with Gasteiger partial charge in [0.05, 0.1) is 23.8 Å². The molecule has 0 radical (unpaired) electrons. The van der Waals surface area contributed by atoms with Crippen molar-refractivity contribution >= 4 is 23.4 Å². The van der Waals surface area contributed by atoms with E-state index >= 15 is 0 Å². The molecule has 2 heterocycles. The fraction of sp³-hybridized carbons (Fsp3) is 0.400. The standard InChI is InChI=1S/C20H24N4O4/c1-13-20(14(2)22(3)21-13)17-6-5-11-23(17)16-9-7-15(8-10-19(25)28-4)12-18(16)24(26)27/h7-10,12,17H,5-6,11H2,1-4H3/b10-8+. The fourth-order valence-corrected chi connectivity index (χ4v) is 3.89. The summed E-state index contributed by atoms with van der Waals surface area (Å²) in [7, 11) is 3.20. The molecular weight excluding hydrogens is 360 g/mol. The molecule has 0 aliphatic carbocycles. The number of methoxy groups -OCH3 is 1. The molecule has 28 heavy (non-hydrogen) atoms. The lowest BCUT2D eigenvalue weighted by molar-refractivity contribution is -0.384. The Kier molecular flexibility index (Phi) is 5.48. The Bertz CT molecular complexity index is 948. The number of rotatable bonds is 5. The SMILES string of the molecule is COC(=O)/C=C/c1ccc(N2CCCC2c2c(C)nn(C)c2C)c([N+](=O)[O-])c1. The molecule has 8 heteroatoms. The van der Waals surface area contributed by atoms with E-state index in [4.69, 9.17) is 0 Å². The summed E-state index contributed by atoms with van der Waals surface area (Å²) >= 11 is 0. The predicted molar refractivity (Wildman–Crippen MR) is 106 cm³/mol. The number of benzene rings is 1. The second-order valence-corrected chi connectivity index (χ2v) is 6.92. The van der Waals surface area contributed by atoms with E-state index in [1.54, 1.807) is 12.1 Å². The lowest BCUT2D eigenvalue weighted by Gasteiger charge is -2.27. The maximum absolute atomic E-state index is 11.8. The molecule has 1 aliphatic heterocycles. The molecule has 1 fully saturated rings. The number of nitro benzene ring substituents is 1. The third kappa shape index (κ3) is 3.62. The summed E-state index contributed by atoms with van der Waals surface area (Å²) in [5.74, 6) is -0.506. The van der Waals surface area contributed by atoms with Crippen LogP contribution in [0.1, 0.15) is 41.4 Å². The number of ether oxygens (including phenoxy) is 1. The summed E-state index contributed by atoms with van der Waals surface area (Å²) in [5, 5.41) is 16.3. The summed E-state index contributed by atoms with van der Waals surface area (Å²) < 4.78 is 6.42. The number of anilines is 1. The number of aryl methyl sites for hydroxylation is 2. The summed E-state index contributed by atoms with van der Waals surface area (Å²) in [5.41, 5.74) is 4.37. The topological polar surface area (TPSA) is 90.5 Å². The highest BCUT2D eigenvalue weighted by atomic mass is 16.6. The number of nitrogens with zero attached hydrogens (tertiary/aromatic N) is 4. The first-order chi connectivity index (χ1) is 13.3. The number of carbonyl (C=O) groups is 1. The minimum absolute atomic E-state index is 0.0260.